The number of unbranched alkanes of at least 4 members (excludes halogenated alkanes) is 1. The molecule has 0 saturated carbocycles. The van der Waals surface area contributed by atoms with Crippen LogP contribution in [0.3, 0.4) is 0 Å². The fourth-order valence-corrected chi connectivity index (χ4v) is 4.18. The molecule has 0 fully saturated rings. The van der Waals surface area contributed by atoms with Crippen molar-refractivity contribution in [2.75, 3.05) is 6.61 Å². The summed E-state index contributed by atoms with van der Waals surface area (Å²) in [7, 11) is 0. The number of carbonyl (C=O) groups excluding carboxylic acids is 1. The molecule has 0 radical (unpaired) electrons. The van der Waals surface area contributed by atoms with Gasteiger partial charge in [-0.05, 0) is 36.1 Å². The largest absolute Gasteiger partial charge is 0.462 e. The lowest BCUT2D eigenvalue weighted by atomic mass is 9.97. The van der Waals surface area contributed by atoms with Crippen molar-refractivity contribution in [1.82, 2.24) is 19.7 Å². The van der Waals surface area contributed by atoms with Crippen molar-refractivity contribution in [3.8, 4) is 22.5 Å². The Kier molecular flexibility index (Phi) is 8.87. The van der Waals surface area contributed by atoms with Gasteiger partial charge in [0.25, 0.3) is 15.2 Å². The molecule has 0 N–H and O–H groups in total. The third kappa shape index (κ3) is 6.26. The molecule has 11 heteroatoms. The summed E-state index contributed by atoms with van der Waals surface area (Å²) < 4.78 is 9.89. The lowest BCUT2D eigenvalue weighted by Gasteiger charge is -2.15. The molecule has 0 spiro atoms. The predicted octanol–water partition coefficient (Wildman–Crippen LogP) is 6.35. The molecule has 198 valence electrons. The molecule has 8 nitrogen and oxygen atoms in total. The number of hydrogen-bond acceptors (Lipinski definition) is 7. The summed E-state index contributed by atoms with van der Waals surface area (Å²) in [5.41, 5.74) is 2.54. The number of hydrogen-bond donors (Lipinski definition) is 0. The Labute approximate surface area is 234 Å². The van der Waals surface area contributed by atoms with E-state index in [1.54, 1.807) is 6.92 Å². The number of aromatic nitrogens is 4. The Morgan fingerprint density at radius 3 is 2.50 bits per heavy atom. The summed E-state index contributed by atoms with van der Waals surface area (Å²) in [6, 6.07) is 15.3. The molecule has 2 aromatic carbocycles. The van der Waals surface area contributed by atoms with E-state index in [4.69, 9.17) is 44.1 Å². The summed E-state index contributed by atoms with van der Waals surface area (Å²) in [4.78, 5) is 34.5. The van der Waals surface area contributed by atoms with Gasteiger partial charge in [-0.25, -0.2) is 9.78 Å². The van der Waals surface area contributed by atoms with Crippen molar-refractivity contribution in [2.45, 2.75) is 43.4 Å². The summed E-state index contributed by atoms with van der Waals surface area (Å²) in [6.07, 6.45) is 3.64. The van der Waals surface area contributed by atoms with E-state index in [1.807, 2.05) is 48.5 Å². The molecule has 0 amide bonds. The third-order valence-electron chi connectivity index (χ3n) is 5.80. The first-order valence-corrected chi connectivity index (χ1v) is 13.2. The molecule has 0 aliphatic rings. The number of halogens is 3. The van der Waals surface area contributed by atoms with Crippen molar-refractivity contribution in [3.05, 3.63) is 87.9 Å². The first kappa shape index (κ1) is 27.8. The van der Waals surface area contributed by atoms with E-state index < -0.39 is 15.3 Å². The Morgan fingerprint density at radius 1 is 1.08 bits per heavy atom. The molecule has 0 aliphatic heterocycles. The van der Waals surface area contributed by atoms with Gasteiger partial charge in [0.15, 0.2) is 0 Å². The summed E-state index contributed by atoms with van der Waals surface area (Å²) in [5.74, 6) is -0.0566. The van der Waals surface area contributed by atoms with Gasteiger partial charge in [-0.15, -0.1) is 0 Å². The first-order valence-electron chi connectivity index (χ1n) is 12.1. The minimum absolute atomic E-state index is 0.112. The van der Waals surface area contributed by atoms with E-state index in [2.05, 4.69) is 22.0 Å². The highest BCUT2D eigenvalue weighted by Gasteiger charge is 2.31. The molecule has 0 unspecified atom stereocenters. The normalized spacial score (nSPS) is 11.5. The highest BCUT2D eigenvalue weighted by molar-refractivity contribution is 6.66. The summed E-state index contributed by atoms with van der Waals surface area (Å²) in [5, 5.41) is 4.04. The van der Waals surface area contributed by atoms with Crippen molar-refractivity contribution >= 4 is 40.8 Å². The second kappa shape index (κ2) is 12.1. The second-order valence-corrected chi connectivity index (χ2v) is 10.8. The van der Waals surface area contributed by atoms with Crippen LogP contribution in [-0.4, -0.2) is 32.3 Å². The van der Waals surface area contributed by atoms with E-state index in [0.29, 0.717) is 17.8 Å². The fraction of sp³-hybridized carbons (Fsp3) is 0.296. The lowest BCUT2D eigenvalue weighted by molar-refractivity contribution is 0.0522. The van der Waals surface area contributed by atoms with Crippen LogP contribution in [0.4, 0.5) is 0 Å². The molecule has 4 aromatic rings. The first-order chi connectivity index (χ1) is 18.2. The van der Waals surface area contributed by atoms with Crippen LogP contribution in [0.25, 0.3) is 22.5 Å². The monoisotopic (exact) mass is 574 g/mol. The average molecular weight is 576 g/mol. The van der Waals surface area contributed by atoms with Crippen molar-refractivity contribution in [3.63, 3.8) is 0 Å². The maximum Gasteiger partial charge on any atom is 0.345 e. The number of ether oxygens (including phenoxy) is 1. The fourth-order valence-electron chi connectivity index (χ4n) is 3.95. The topological polar surface area (TPSA) is 100 Å². The highest BCUT2D eigenvalue weighted by Crippen LogP contribution is 2.39. The quantitative estimate of drug-likeness (QED) is 0.169. The molecule has 0 atom stereocenters. The second-order valence-electron chi connectivity index (χ2n) is 8.47. The van der Waals surface area contributed by atoms with Gasteiger partial charge in [0, 0.05) is 18.2 Å². The standard InChI is InChI=1S/C27H25Cl3N4O4/c1-3-5-11-22-31-15-21(25(36)37-4-2)24(35)34(22)16-17-12-13-19(18-9-7-6-8-10-18)20(14-17)23-32-26(38-33-23)27(28,29)30/h6-10,12-15H,3-5,11,16H2,1-2H3. The van der Waals surface area contributed by atoms with Gasteiger partial charge in [0.05, 0.1) is 13.2 Å². The molecule has 2 aromatic heterocycles. The van der Waals surface area contributed by atoms with Crippen molar-refractivity contribution in [2.24, 2.45) is 0 Å². The zero-order chi connectivity index (χ0) is 27.3. The van der Waals surface area contributed by atoms with Gasteiger partial charge < -0.3 is 9.26 Å². The number of alkyl halides is 3. The average Bonchev–Trinajstić information content (AvgIpc) is 3.41. The maximum absolute atomic E-state index is 13.4. The number of carbonyl (C=O) groups is 1. The van der Waals surface area contributed by atoms with Gasteiger partial charge in [-0.3, -0.25) is 9.36 Å². The minimum atomic E-state index is -1.88. The Morgan fingerprint density at radius 2 is 1.84 bits per heavy atom. The number of esters is 1. The van der Waals surface area contributed by atoms with E-state index in [1.165, 1.54) is 10.8 Å². The minimum Gasteiger partial charge on any atom is -0.462 e. The van der Waals surface area contributed by atoms with Gasteiger partial charge in [-0.2, -0.15) is 4.98 Å². The molecule has 38 heavy (non-hydrogen) atoms. The smallest absolute Gasteiger partial charge is 0.345 e. The number of nitrogens with zero attached hydrogens (tertiary/aromatic N) is 4. The van der Waals surface area contributed by atoms with Gasteiger partial charge in [0.1, 0.15) is 11.4 Å². The van der Waals surface area contributed by atoms with E-state index in [-0.39, 0.29) is 30.4 Å². The Balaban J connectivity index is 1.82. The van der Waals surface area contributed by atoms with Crippen LogP contribution < -0.4 is 5.56 Å². The summed E-state index contributed by atoms with van der Waals surface area (Å²) >= 11 is 17.8. The molecule has 4 rings (SSSR count). The van der Waals surface area contributed by atoms with E-state index in [0.717, 1.165) is 29.5 Å². The van der Waals surface area contributed by atoms with E-state index >= 15 is 0 Å². The predicted molar refractivity (Wildman–Crippen MR) is 147 cm³/mol. The lowest BCUT2D eigenvalue weighted by Crippen LogP contribution is -2.31. The molecule has 0 aliphatic carbocycles. The molecular formula is C27H25Cl3N4O4. The summed E-state index contributed by atoms with van der Waals surface area (Å²) in [6.45, 7) is 4.05. The van der Waals surface area contributed by atoms with Crippen LogP contribution in [0, 0.1) is 0 Å². The van der Waals surface area contributed by atoms with Crippen LogP contribution in [0.1, 0.15) is 54.3 Å². The Bertz CT molecular complexity index is 1480. The maximum atomic E-state index is 13.4. The van der Waals surface area contributed by atoms with Crippen LogP contribution in [0.5, 0.6) is 0 Å². The van der Waals surface area contributed by atoms with Crippen LogP contribution in [-0.2, 0) is 21.5 Å². The van der Waals surface area contributed by atoms with Crippen molar-refractivity contribution in [1.29, 1.82) is 0 Å². The van der Waals surface area contributed by atoms with Gasteiger partial charge >= 0.3 is 5.97 Å². The third-order valence-corrected chi connectivity index (χ3v) is 6.28. The van der Waals surface area contributed by atoms with Crippen LogP contribution in [0.2, 0.25) is 0 Å². The molecule has 0 saturated heterocycles. The highest BCUT2D eigenvalue weighted by atomic mass is 35.6. The zero-order valence-electron chi connectivity index (χ0n) is 20.8. The number of benzene rings is 2. The van der Waals surface area contributed by atoms with Crippen LogP contribution in [0.15, 0.2) is 64.0 Å². The van der Waals surface area contributed by atoms with Crippen molar-refractivity contribution < 1.29 is 14.1 Å². The molecular weight excluding hydrogens is 551 g/mol. The number of rotatable bonds is 9. The zero-order valence-corrected chi connectivity index (χ0v) is 23.1. The molecule has 2 heterocycles. The van der Waals surface area contributed by atoms with Gasteiger partial charge in [0.2, 0.25) is 5.82 Å². The van der Waals surface area contributed by atoms with Gasteiger partial charge in [-0.1, -0.05) is 95.8 Å². The Hall–Kier alpha value is -3.20. The molecule has 0 bridgehead atoms. The van der Waals surface area contributed by atoms with Crippen LogP contribution >= 0.6 is 34.8 Å². The number of aryl methyl sites for hydroxylation is 1. The SMILES string of the molecule is CCCCc1ncc(C(=O)OCC)c(=O)n1Cc1ccc(-c2ccccc2)c(-c2noc(C(Cl)(Cl)Cl)n2)c1. The van der Waals surface area contributed by atoms with E-state index in [9.17, 15) is 9.59 Å².